The molecule has 22 heavy (non-hydrogen) atoms. The van der Waals surface area contributed by atoms with Gasteiger partial charge in [-0.05, 0) is 24.8 Å². The van der Waals surface area contributed by atoms with Crippen LogP contribution in [0.15, 0.2) is 30.5 Å². The molecule has 0 radical (unpaired) electrons. The Hall–Kier alpha value is -1.65. The highest BCUT2D eigenvalue weighted by molar-refractivity contribution is 5.97. The molecule has 1 fully saturated rings. The van der Waals surface area contributed by atoms with E-state index in [4.69, 9.17) is 0 Å². The average molecular weight is 301 g/mol. The van der Waals surface area contributed by atoms with Crippen LogP contribution in [0.5, 0.6) is 0 Å². The van der Waals surface area contributed by atoms with E-state index in [0.717, 1.165) is 42.7 Å². The third-order valence-electron chi connectivity index (χ3n) is 4.86. The molecule has 2 N–H and O–H groups in total. The van der Waals surface area contributed by atoms with Gasteiger partial charge in [0.2, 0.25) is 0 Å². The quantitative estimate of drug-likeness (QED) is 0.813. The van der Waals surface area contributed by atoms with Crippen molar-refractivity contribution in [3.8, 4) is 0 Å². The van der Waals surface area contributed by atoms with Crippen molar-refractivity contribution in [1.29, 1.82) is 0 Å². The van der Waals surface area contributed by atoms with Gasteiger partial charge in [-0.3, -0.25) is 4.79 Å². The van der Waals surface area contributed by atoms with Gasteiger partial charge in [0.15, 0.2) is 6.29 Å². The summed E-state index contributed by atoms with van der Waals surface area (Å²) in [4.78, 5) is 12.7. The number of para-hydroxylation sites is 1. The van der Waals surface area contributed by atoms with Crippen LogP contribution in [0.25, 0.3) is 10.9 Å². The summed E-state index contributed by atoms with van der Waals surface area (Å²) in [7, 11) is 0. The Kier molecular flexibility index (Phi) is 4.60. The molecule has 1 saturated heterocycles. The first-order valence-corrected chi connectivity index (χ1v) is 8.22. The predicted molar refractivity (Wildman–Crippen MR) is 87.3 cm³/mol. The molecule has 0 amide bonds. The Balaban J connectivity index is 1.69. The van der Waals surface area contributed by atoms with E-state index in [0.29, 0.717) is 12.1 Å². The number of fused-ring (bicyclic) bond motifs is 1. The zero-order chi connectivity index (χ0) is 15.5. The number of nitrogens with one attached hydrogen (secondary N) is 1. The van der Waals surface area contributed by atoms with E-state index in [1.54, 1.807) is 0 Å². The maximum atomic E-state index is 11.2. The summed E-state index contributed by atoms with van der Waals surface area (Å²) in [6.07, 6.45) is 4.88. The van der Waals surface area contributed by atoms with Crippen LogP contribution in [0, 0.1) is 5.92 Å². The number of hydrogen-bond donors (Lipinski definition) is 2. The predicted octanol–water partition coefficient (Wildman–Crippen LogP) is 1.13. The number of aliphatic hydroxyl groups is 1. The Labute approximate surface area is 131 Å². The molecule has 0 bridgehead atoms. The number of likely N-dealkylation sites (tertiary alicyclic amines) is 1. The first kappa shape index (κ1) is 15.3. The van der Waals surface area contributed by atoms with Gasteiger partial charge in [0.1, 0.15) is 12.6 Å². The van der Waals surface area contributed by atoms with Crippen molar-refractivity contribution in [2.45, 2.75) is 32.4 Å². The number of carbonyl (C=O) groups excluding carboxylic acids is 1. The van der Waals surface area contributed by atoms with Crippen molar-refractivity contribution in [2.75, 3.05) is 19.6 Å². The Bertz CT molecular complexity index is 642. The zero-order valence-electron chi connectivity index (χ0n) is 13.2. The van der Waals surface area contributed by atoms with Crippen molar-refractivity contribution in [2.24, 2.45) is 5.92 Å². The number of aliphatic hydroxyl groups excluding tert-OH is 1. The van der Waals surface area contributed by atoms with Gasteiger partial charge in [0.05, 0.1) is 19.6 Å². The number of aldehydes is 1. The highest BCUT2D eigenvalue weighted by atomic mass is 16.3. The summed E-state index contributed by atoms with van der Waals surface area (Å²) in [6, 6.07) is 7.87. The maximum absolute atomic E-state index is 11.2. The van der Waals surface area contributed by atoms with Crippen LogP contribution < -0.4 is 4.90 Å². The number of aromatic nitrogens is 1. The van der Waals surface area contributed by atoms with Crippen LogP contribution in [0.3, 0.4) is 0 Å². The molecule has 1 aromatic heterocycles. The van der Waals surface area contributed by atoms with Gasteiger partial charge in [0.25, 0.3) is 0 Å². The van der Waals surface area contributed by atoms with Gasteiger partial charge in [-0.25, -0.2) is 0 Å². The van der Waals surface area contributed by atoms with Gasteiger partial charge in [-0.1, -0.05) is 25.1 Å². The molecule has 1 aromatic carbocycles. The zero-order valence-corrected chi connectivity index (χ0v) is 13.2. The molecular weight excluding hydrogens is 276 g/mol. The monoisotopic (exact) mass is 301 g/mol. The fourth-order valence-electron chi connectivity index (χ4n) is 3.52. The number of quaternary nitrogens is 1. The molecule has 0 spiro atoms. The Morgan fingerprint density at radius 3 is 2.82 bits per heavy atom. The molecule has 4 nitrogen and oxygen atoms in total. The van der Waals surface area contributed by atoms with Gasteiger partial charge in [0, 0.05) is 22.7 Å². The van der Waals surface area contributed by atoms with Crippen molar-refractivity contribution in [3.05, 3.63) is 36.0 Å². The molecule has 1 aliphatic heterocycles. The summed E-state index contributed by atoms with van der Waals surface area (Å²) in [5, 5.41) is 11.4. The highest BCUT2D eigenvalue weighted by Crippen LogP contribution is 2.20. The van der Waals surface area contributed by atoms with Gasteiger partial charge < -0.3 is 14.6 Å². The Morgan fingerprint density at radius 1 is 1.36 bits per heavy atom. The average Bonchev–Trinajstić information content (AvgIpc) is 2.88. The second kappa shape index (κ2) is 6.63. The smallest absolute Gasteiger partial charge is 0.152 e. The van der Waals surface area contributed by atoms with Crippen LogP contribution >= 0.6 is 0 Å². The lowest BCUT2D eigenvalue weighted by Gasteiger charge is -2.29. The number of carbonyl (C=O) groups is 1. The van der Waals surface area contributed by atoms with Crippen LogP contribution in [0.2, 0.25) is 0 Å². The van der Waals surface area contributed by atoms with Gasteiger partial charge in [-0.2, -0.15) is 0 Å². The van der Waals surface area contributed by atoms with E-state index < -0.39 is 0 Å². The van der Waals surface area contributed by atoms with E-state index in [1.807, 2.05) is 35.0 Å². The second-order valence-corrected chi connectivity index (χ2v) is 6.66. The fraction of sp³-hybridized carbons (Fsp3) is 0.500. The minimum atomic E-state index is -0.376. The van der Waals surface area contributed by atoms with Crippen LogP contribution in [0.1, 0.15) is 30.1 Å². The standard InChI is InChI=1S/C18H24N2O2/c1-14-6-8-19(9-7-14)11-16(22)12-20-10-15(13-21)17-4-2-3-5-18(17)20/h2-5,10,13-14,16,22H,6-9,11-12H2,1H3/p+1/t16-/m1/s1. The normalized spacial score (nSPS) is 23.5. The third kappa shape index (κ3) is 3.23. The third-order valence-corrected chi connectivity index (χ3v) is 4.86. The minimum Gasteiger partial charge on any atom is -0.385 e. The van der Waals surface area contributed by atoms with E-state index in [1.165, 1.54) is 17.7 Å². The summed E-state index contributed by atoms with van der Waals surface area (Å²) >= 11 is 0. The number of rotatable bonds is 5. The number of hydrogen-bond acceptors (Lipinski definition) is 2. The highest BCUT2D eigenvalue weighted by Gasteiger charge is 2.22. The van der Waals surface area contributed by atoms with Gasteiger partial charge in [-0.15, -0.1) is 0 Å². The fourth-order valence-corrected chi connectivity index (χ4v) is 3.52. The lowest BCUT2D eigenvalue weighted by molar-refractivity contribution is -0.909. The first-order valence-electron chi connectivity index (χ1n) is 8.22. The molecule has 0 saturated carbocycles. The summed E-state index contributed by atoms with van der Waals surface area (Å²) in [5.74, 6) is 0.824. The lowest BCUT2D eigenvalue weighted by Crippen LogP contribution is -3.14. The van der Waals surface area contributed by atoms with Crippen molar-refractivity contribution < 1.29 is 14.8 Å². The summed E-state index contributed by atoms with van der Waals surface area (Å²) < 4.78 is 2.01. The summed E-state index contributed by atoms with van der Waals surface area (Å²) in [5.41, 5.74) is 1.72. The molecule has 2 aromatic rings. The molecule has 2 heterocycles. The van der Waals surface area contributed by atoms with E-state index >= 15 is 0 Å². The van der Waals surface area contributed by atoms with Crippen LogP contribution in [-0.2, 0) is 6.54 Å². The SMILES string of the molecule is CC1CC[NH+](C[C@@H](O)Cn2cc(C=O)c3ccccc32)CC1. The number of benzene rings is 1. The van der Waals surface area contributed by atoms with Crippen molar-refractivity contribution in [1.82, 2.24) is 4.57 Å². The molecule has 0 aliphatic carbocycles. The first-order chi connectivity index (χ1) is 10.7. The van der Waals surface area contributed by atoms with E-state index in [2.05, 4.69) is 6.92 Å². The topological polar surface area (TPSA) is 46.7 Å². The molecule has 1 aliphatic rings. The minimum absolute atomic E-state index is 0.376. The molecule has 0 unspecified atom stereocenters. The molecule has 3 rings (SSSR count). The molecular formula is C18H25N2O2+. The second-order valence-electron chi connectivity index (χ2n) is 6.66. The van der Waals surface area contributed by atoms with E-state index in [9.17, 15) is 9.90 Å². The molecule has 118 valence electrons. The van der Waals surface area contributed by atoms with Crippen LogP contribution in [-0.4, -0.2) is 41.7 Å². The van der Waals surface area contributed by atoms with Crippen molar-refractivity contribution in [3.63, 3.8) is 0 Å². The maximum Gasteiger partial charge on any atom is 0.152 e. The number of piperidine rings is 1. The lowest BCUT2D eigenvalue weighted by atomic mass is 9.99. The number of nitrogens with zero attached hydrogens (tertiary/aromatic N) is 1. The molecule has 1 atom stereocenters. The largest absolute Gasteiger partial charge is 0.385 e. The van der Waals surface area contributed by atoms with Crippen molar-refractivity contribution >= 4 is 17.2 Å². The molecule has 4 heteroatoms. The van der Waals surface area contributed by atoms with Crippen LogP contribution in [0.4, 0.5) is 0 Å². The summed E-state index contributed by atoms with van der Waals surface area (Å²) in [6.45, 7) is 5.96. The van der Waals surface area contributed by atoms with E-state index in [-0.39, 0.29) is 6.10 Å². The van der Waals surface area contributed by atoms with Gasteiger partial charge >= 0.3 is 0 Å². The Morgan fingerprint density at radius 2 is 2.09 bits per heavy atom.